The molecule has 1 amide bonds. The average molecular weight is 301 g/mol. The summed E-state index contributed by atoms with van der Waals surface area (Å²) in [5.41, 5.74) is 1.02. The highest BCUT2D eigenvalue weighted by Gasteiger charge is 2.28. The summed E-state index contributed by atoms with van der Waals surface area (Å²) in [6, 6.07) is 9.72. The Labute approximate surface area is 129 Å². The zero-order valence-corrected chi connectivity index (χ0v) is 13.1. The van der Waals surface area contributed by atoms with Gasteiger partial charge in [-0.25, -0.2) is 0 Å². The van der Waals surface area contributed by atoms with Crippen LogP contribution in [0.1, 0.15) is 26.3 Å². The Bertz CT molecular complexity index is 626. The van der Waals surface area contributed by atoms with Crippen molar-refractivity contribution >= 4 is 23.4 Å². The average Bonchev–Trinajstić information content (AvgIpc) is 2.96. The molecule has 0 saturated carbocycles. The van der Waals surface area contributed by atoms with E-state index in [1.807, 2.05) is 54.0 Å². The lowest BCUT2D eigenvalue weighted by molar-refractivity contribution is -0.121. The van der Waals surface area contributed by atoms with Crippen molar-refractivity contribution in [2.45, 2.75) is 36.5 Å². The largest absolute Gasteiger partial charge is 0.309 e. The molecule has 0 radical (unpaired) electrons. The van der Waals surface area contributed by atoms with Crippen LogP contribution in [-0.2, 0) is 4.79 Å². The minimum atomic E-state index is -0.286. The number of aromatic nitrogens is 2. The minimum Gasteiger partial charge on any atom is -0.309 e. The molecule has 1 aliphatic heterocycles. The van der Waals surface area contributed by atoms with Crippen molar-refractivity contribution in [1.29, 1.82) is 0 Å². The maximum Gasteiger partial charge on any atom is 0.251 e. The molecule has 2 aromatic rings. The van der Waals surface area contributed by atoms with Gasteiger partial charge >= 0.3 is 0 Å². The Hall–Kier alpha value is -1.75. The van der Waals surface area contributed by atoms with Crippen molar-refractivity contribution in [1.82, 2.24) is 9.78 Å². The van der Waals surface area contributed by atoms with E-state index >= 15 is 0 Å². The van der Waals surface area contributed by atoms with Crippen LogP contribution in [0.3, 0.4) is 0 Å². The summed E-state index contributed by atoms with van der Waals surface area (Å²) in [6.45, 7) is 4.88. The second-order valence-corrected chi connectivity index (χ2v) is 6.82. The Kier molecular flexibility index (Phi) is 4.01. The number of hydrogen-bond donors (Lipinski definition) is 0. The summed E-state index contributed by atoms with van der Waals surface area (Å²) in [5.74, 6) is 0.0980. The van der Waals surface area contributed by atoms with E-state index < -0.39 is 0 Å². The van der Waals surface area contributed by atoms with Gasteiger partial charge in [-0.1, -0.05) is 19.1 Å². The number of carbonyl (C=O) groups excluding carboxylic acids is 1. The summed E-state index contributed by atoms with van der Waals surface area (Å²) < 4.78 is 1.71. The number of rotatable bonds is 2. The third kappa shape index (κ3) is 2.83. The summed E-state index contributed by atoms with van der Waals surface area (Å²) in [6.07, 6.45) is 4.54. The Morgan fingerprint density at radius 1 is 1.38 bits per heavy atom. The fourth-order valence-electron chi connectivity index (χ4n) is 2.56. The molecule has 0 unspecified atom stereocenters. The molecule has 2 heterocycles. The van der Waals surface area contributed by atoms with Crippen LogP contribution in [0.2, 0.25) is 0 Å². The molecule has 1 aromatic carbocycles. The van der Waals surface area contributed by atoms with Crippen LogP contribution in [0.15, 0.2) is 47.6 Å². The van der Waals surface area contributed by atoms with Gasteiger partial charge in [0.25, 0.3) is 5.91 Å². The second-order valence-electron chi connectivity index (χ2n) is 5.34. The molecule has 1 aliphatic rings. The zero-order valence-electron chi connectivity index (χ0n) is 12.3. The molecule has 0 spiro atoms. The first-order valence-corrected chi connectivity index (χ1v) is 8.11. The SMILES string of the molecule is C[C@@H]1CCN(C(=O)[C@@H](C)n2cccn2)c2ccccc2S1. The van der Waals surface area contributed by atoms with E-state index in [1.165, 1.54) is 4.90 Å². The first kappa shape index (κ1) is 14.2. The predicted molar refractivity (Wildman–Crippen MR) is 85.7 cm³/mol. The van der Waals surface area contributed by atoms with Gasteiger partial charge in [-0.15, -0.1) is 11.8 Å². The molecule has 21 heavy (non-hydrogen) atoms. The highest BCUT2D eigenvalue weighted by Crippen LogP contribution is 2.37. The number of fused-ring (bicyclic) bond motifs is 1. The van der Waals surface area contributed by atoms with Crippen LogP contribution in [0.4, 0.5) is 5.69 Å². The monoisotopic (exact) mass is 301 g/mol. The number of hydrogen-bond acceptors (Lipinski definition) is 3. The van der Waals surface area contributed by atoms with E-state index in [0.29, 0.717) is 5.25 Å². The summed E-state index contributed by atoms with van der Waals surface area (Å²) in [4.78, 5) is 16.0. The molecule has 0 N–H and O–H groups in total. The Morgan fingerprint density at radius 2 is 2.19 bits per heavy atom. The predicted octanol–water partition coefficient (Wildman–Crippen LogP) is 3.36. The van der Waals surface area contributed by atoms with Crippen LogP contribution >= 0.6 is 11.8 Å². The van der Waals surface area contributed by atoms with Crippen LogP contribution in [0.25, 0.3) is 0 Å². The number of benzene rings is 1. The lowest BCUT2D eigenvalue weighted by Crippen LogP contribution is -2.37. The van der Waals surface area contributed by atoms with Gasteiger partial charge < -0.3 is 4.90 Å². The Balaban J connectivity index is 1.92. The van der Waals surface area contributed by atoms with Gasteiger partial charge in [0.05, 0.1) is 5.69 Å². The minimum absolute atomic E-state index is 0.0980. The van der Waals surface area contributed by atoms with Gasteiger partial charge in [-0.2, -0.15) is 5.10 Å². The lowest BCUT2D eigenvalue weighted by atomic mass is 10.2. The van der Waals surface area contributed by atoms with Gasteiger partial charge in [0.15, 0.2) is 0 Å². The highest BCUT2D eigenvalue weighted by molar-refractivity contribution is 8.00. The van der Waals surface area contributed by atoms with E-state index in [9.17, 15) is 4.79 Å². The fraction of sp³-hybridized carbons (Fsp3) is 0.375. The lowest BCUT2D eigenvalue weighted by Gasteiger charge is -2.25. The third-order valence-corrected chi connectivity index (χ3v) is 5.03. The van der Waals surface area contributed by atoms with E-state index in [4.69, 9.17) is 0 Å². The Morgan fingerprint density at radius 3 is 2.95 bits per heavy atom. The first-order valence-electron chi connectivity index (χ1n) is 7.23. The quantitative estimate of drug-likeness (QED) is 0.853. The molecule has 4 nitrogen and oxygen atoms in total. The van der Waals surface area contributed by atoms with E-state index in [-0.39, 0.29) is 11.9 Å². The maximum absolute atomic E-state index is 12.9. The van der Waals surface area contributed by atoms with E-state index in [1.54, 1.807) is 10.9 Å². The van der Waals surface area contributed by atoms with Crippen LogP contribution in [-0.4, -0.2) is 27.5 Å². The molecule has 3 rings (SSSR count). The smallest absolute Gasteiger partial charge is 0.251 e. The molecule has 0 aliphatic carbocycles. The summed E-state index contributed by atoms with van der Waals surface area (Å²) in [7, 11) is 0. The van der Waals surface area contributed by atoms with Gasteiger partial charge in [0.1, 0.15) is 6.04 Å². The molecule has 0 saturated heterocycles. The highest BCUT2D eigenvalue weighted by atomic mass is 32.2. The maximum atomic E-state index is 12.9. The second kappa shape index (κ2) is 5.93. The van der Waals surface area contributed by atoms with Crippen LogP contribution < -0.4 is 4.90 Å². The number of anilines is 1. The molecule has 1 aromatic heterocycles. The van der Waals surface area contributed by atoms with Crippen molar-refractivity contribution in [3.05, 3.63) is 42.7 Å². The van der Waals surface area contributed by atoms with Gasteiger partial charge in [0, 0.05) is 29.1 Å². The summed E-state index contributed by atoms with van der Waals surface area (Å²) in [5, 5.41) is 4.71. The molecule has 2 atom stereocenters. The van der Waals surface area contributed by atoms with Gasteiger partial charge in [-0.05, 0) is 31.5 Å². The molecule has 5 heteroatoms. The van der Waals surface area contributed by atoms with Crippen molar-refractivity contribution in [3.8, 4) is 0 Å². The van der Waals surface area contributed by atoms with Crippen molar-refractivity contribution < 1.29 is 4.79 Å². The molecule has 0 bridgehead atoms. The first-order chi connectivity index (χ1) is 10.2. The molecular weight excluding hydrogens is 282 g/mol. The van der Waals surface area contributed by atoms with Gasteiger partial charge in [-0.3, -0.25) is 9.48 Å². The normalized spacial score (nSPS) is 19.7. The van der Waals surface area contributed by atoms with Crippen LogP contribution in [0.5, 0.6) is 0 Å². The topological polar surface area (TPSA) is 38.1 Å². The molecule has 0 fully saturated rings. The summed E-state index contributed by atoms with van der Waals surface area (Å²) >= 11 is 1.85. The van der Waals surface area contributed by atoms with Crippen molar-refractivity contribution in [3.63, 3.8) is 0 Å². The standard InChI is InChI=1S/C16H19N3OS/c1-12-8-11-18(14-6-3-4-7-15(14)21-12)16(20)13(2)19-10-5-9-17-19/h3-7,9-10,12-13H,8,11H2,1-2H3/t12-,13-/m1/s1. The van der Waals surface area contributed by atoms with E-state index in [2.05, 4.69) is 18.1 Å². The fourth-order valence-corrected chi connectivity index (χ4v) is 3.68. The number of carbonyl (C=O) groups is 1. The molecular formula is C16H19N3OS. The number of amides is 1. The third-order valence-electron chi connectivity index (χ3n) is 3.79. The van der Waals surface area contributed by atoms with Crippen molar-refractivity contribution in [2.24, 2.45) is 0 Å². The van der Waals surface area contributed by atoms with E-state index in [0.717, 1.165) is 18.7 Å². The van der Waals surface area contributed by atoms with Crippen molar-refractivity contribution in [2.75, 3.05) is 11.4 Å². The van der Waals surface area contributed by atoms with Gasteiger partial charge in [0.2, 0.25) is 0 Å². The zero-order chi connectivity index (χ0) is 14.8. The number of para-hydroxylation sites is 1. The van der Waals surface area contributed by atoms with Crippen LogP contribution in [0, 0.1) is 0 Å². The molecule has 110 valence electrons. The number of nitrogens with zero attached hydrogens (tertiary/aromatic N) is 3. The number of thioether (sulfide) groups is 1.